The zero-order chi connectivity index (χ0) is 49.9. The molecule has 5 saturated heterocycles. The molecule has 0 radical (unpaired) electrons. The molecule has 4 aromatic carbocycles. The summed E-state index contributed by atoms with van der Waals surface area (Å²) in [6, 6.07) is 33.4. The summed E-state index contributed by atoms with van der Waals surface area (Å²) in [5.74, 6) is 3.20. The number of piperidine rings is 1. The molecule has 11 nitrogen and oxygen atoms in total. The maximum atomic E-state index is 17.3. The van der Waals surface area contributed by atoms with E-state index in [2.05, 4.69) is 143 Å². The van der Waals surface area contributed by atoms with Gasteiger partial charge in [-0.1, -0.05) is 78.7 Å². The highest BCUT2D eigenvalue weighted by Gasteiger charge is 2.76. The number of halogens is 2. The van der Waals surface area contributed by atoms with Gasteiger partial charge in [0.25, 0.3) is 0 Å². The smallest absolute Gasteiger partial charge is 0.153 e. The first-order valence-electron chi connectivity index (χ1n) is 26.8. The molecule has 1 aliphatic carbocycles. The van der Waals surface area contributed by atoms with E-state index in [-0.39, 0.29) is 60.3 Å². The molecule has 3 N–H and O–H groups in total. The van der Waals surface area contributed by atoms with Gasteiger partial charge in [-0.05, 0) is 145 Å². The van der Waals surface area contributed by atoms with E-state index in [9.17, 15) is 0 Å². The molecule has 5 aromatic rings. The molecular weight excluding hydrogens is 940 g/mol. The van der Waals surface area contributed by atoms with Crippen molar-refractivity contribution in [2.24, 2.45) is 23.8 Å². The number of hydrogen-bond donors (Lipinski definition) is 3. The van der Waals surface area contributed by atoms with Crippen LogP contribution in [0.4, 0.5) is 0 Å². The van der Waals surface area contributed by atoms with Gasteiger partial charge in [0, 0.05) is 103 Å². The number of nitrogens with one attached hydrogen (secondary N) is 3. The van der Waals surface area contributed by atoms with Gasteiger partial charge in [0.1, 0.15) is 17.3 Å². The fourth-order valence-corrected chi connectivity index (χ4v) is 15.4. The van der Waals surface area contributed by atoms with Crippen LogP contribution in [0, 0.1) is 16.7 Å². The van der Waals surface area contributed by atoms with E-state index >= 15 is 4.79 Å². The molecule has 1 spiro atoms. The van der Waals surface area contributed by atoms with E-state index in [4.69, 9.17) is 37.7 Å². The normalized spacial score (nSPS) is 32.8. The number of benzene rings is 4. The molecule has 11 rings (SSSR count). The van der Waals surface area contributed by atoms with Crippen LogP contribution >= 0.6 is 23.2 Å². The largest absolute Gasteiger partial charge is 0.457 e. The molecule has 7 unspecified atom stereocenters. The van der Waals surface area contributed by atoms with Gasteiger partial charge in [0.15, 0.2) is 5.78 Å². The van der Waals surface area contributed by atoms with Crippen molar-refractivity contribution in [3.8, 4) is 22.8 Å². The average Bonchev–Trinajstić information content (AvgIpc) is 4.18. The number of hydrogen-bond acceptors (Lipinski definition) is 10. The summed E-state index contributed by atoms with van der Waals surface area (Å²) < 4.78 is 15.2. The van der Waals surface area contributed by atoms with Crippen molar-refractivity contribution in [3.63, 3.8) is 0 Å². The Kier molecular flexibility index (Phi) is 14.3. The summed E-state index contributed by atoms with van der Waals surface area (Å²) >= 11 is 13.3. The summed E-state index contributed by atoms with van der Waals surface area (Å²) in [6.45, 7) is 12.1. The molecule has 0 amide bonds. The molecule has 6 fully saturated rings. The average molecular weight is 1010 g/mol. The minimum Gasteiger partial charge on any atom is -0.457 e. The first kappa shape index (κ1) is 50.0. The van der Waals surface area contributed by atoms with E-state index in [0.29, 0.717) is 24.0 Å². The fourth-order valence-electron chi connectivity index (χ4n) is 15.1. The Morgan fingerprint density at radius 3 is 2.31 bits per heavy atom. The van der Waals surface area contributed by atoms with Gasteiger partial charge < -0.3 is 30.0 Å². The van der Waals surface area contributed by atoms with Gasteiger partial charge in [-0.25, -0.2) is 4.98 Å². The number of likely N-dealkylation sites (tertiary alicyclic amines) is 2. The van der Waals surface area contributed by atoms with Crippen LogP contribution in [0.15, 0.2) is 103 Å². The van der Waals surface area contributed by atoms with Gasteiger partial charge >= 0.3 is 0 Å². The van der Waals surface area contributed by atoms with Crippen molar-refractivity contribution in [1.29, 1.82) is 0 Å². The number of nitrogens with zero attached hydrogens (tertiary/aromatic N) is 5. The van der Waals surface area contributed by atoms with Crippen LogP contribution in [0.3, 0.4) is 0 Å². The lowest BCUT2D eigenvalue weighted by atomic mass is 9.54. The zero-order valence-electron chi connectivity index (χ0n) is 43.0. The molecule has 72 heavy (non-hydrogen) atoms. The summed E-state index contributed by atoms with van der Waals surface area (Å²) in [5.41, 5.74) is 4.29. The topological polar surface area (TPSA) is 99.2 Å². The highest BCUT2D eigenvalue weighted by Crippen LogP contribution is 2.62. The Hall–Kier alpha value is -4.14. The van der Waals surface area contributed by atoms with Gasteiger partial charge in [0.05, 0.1) is 35.9 Å². The Bertz CT molecular complexity index is 2700. The van der Waals surface area contributed by atoms with Crippen molar-refractivity contribution in [2.45, 2.75) is 133 Å². The molecule has 6 aliphatic rings. The molecular formula is C59H74Cl2N8O3. The first-order chi connectivity index (χ1) is 34.9. The number of imidazole rings is 1. The standard InChI is InChI=1S/C59H74Cl2N8O3/c1-7-58-52-29-43(27-39-13-9-8-10-14-39)56(58)66(4)37(2)32-62-51-31-46(28-40-15-20-44(60)21-16-40)64-55-48(36-71-6)65-54(59(51,55)57(58)70)38(3)69(52)34-42-17-22-45(61)30-50(42)72-47-23-18-41(19-24-47)49-33-63-53(67(49)5)35-68-25-11-12-26-68/h8-10,13-24,30,33,37-38,43,46,48,51-52,54-56,62,64-65H,7,11-12,25-29,31-32,34-36H2,1-6H3/t37-,38-,43+,46-,48+,51?,52?,54?,55?,56?,58?,59?/m0/s1. The monoisotopic (exact) mass is 1010 g/mol. The van der Waals surface area contributed by atoms with Gasteiger partial charge in [-0.3, -0.25) is 19.5 Å². The van der Waals surface area contributed by atoms with E-state index in [1.807, 2.05) is 30.5 Å². The Morgan fingerprint density at radius 1 is 0.833 bits per heavy atom. The Labute approximate surface area is 437 Å². The number of methoxy groups -OCH3 is 1. The Morgan fingerprint density at radius 2 is 1.57 bits per heavy atom. The lowest BCUT2D eigenvalue weighted by Crippen LogP contribution is -2.73. The predicted octanol–water partition coefficient (Wildman–Crippen LogP) is 9.19. The lowest BCUT2D eigenvalue weighted by Gasteiger charge is -2.54. The predicted molar refractivity (Wildman–Crippen MR) is 288 cm³/mol. The summed E-state index contributed by atoms with van der Waals surface area (Å²) in [4.78, 5) is 30.0. The number of carbonyl (C=O) groups excluding carboxylic acids is 1. The second kappa shape index (κ2) is 20.5. The number of carbonyl (C=O) groups is 1. The van der Waals surface area contributed by atoms with Crippen LogP contribution in [-0.4, -0.2) is 125 Å². The van der Waals surface area contributed by atoms with Crippen LogP contribution < -0.4 is 20.7 Å². The van der Waals surface area contributed by atoms with Gasteiger partial charge in [0.2, 0.25) is 0 Å². The number of rotatable bonds is 14. The quantitative estimate of drug-likeness (QED) is 0.1000. The van der Waals surface area contributed by atoms with Crippen LogP contribution in [0.1, 0.15) is 75.4 Å². The molecule has 13 heteroatoms. The van der Waals surface area contributed by atoms with Crippen molar-refractivity contribution in [2.75, 3.05) is 40.4 Å². The van der Waals surface area contributed by atoms with E-state index in [0.717, 1.165) is 97.5 Å². The lowest BCUT2D eigenvalue weighted by molar-refractivity contribution is -0.149. The molecule has 1 aromatic heterocycles. The molecule has 1 saturated carbocycles. The van der Waals surface area contributed by atoms with Crippen molar-refractivity contribution >= 4 is 29.0 Å². The number of likely N-dealkylation sites (N-methyl/N-ethyl adjacent to an activating group) is 1. The fraction of sp³-hybridized carbons (Fsp3) is 0.525. The molecule has 2 bridgehead atoms. The molecule has 12 atom stereocenters. The summed E-state index contributed by atoms with van der Waals surface area (Å²) in [6.07, 6.45) is 8.71. The summed E-state index contributed by atoms with van der Waals surface area (Å²) in [7, 11) is 6.22. The van der Waals surface area contributed by atoms with Gasteiger partial charge in [-0.2, -0.15) is 0 Å². The third-order valence-corrected chi connectivity index (χ3v) is 19.0. The molecule has 6 heterocycles. The highest BCUT2D eigenvalue weighted by molar-refractivity contribution is 6.31. The minimum atomic E-state index is -0.781. The number of aromatic nitrogens is 2. The van der Waals surface area contributed by atoms with Crippen molar-refractivity contribution in [3.05, 3.63) is 136 Å². The van der Waals surface area contributed by atoms with Crippen molar-refractivity contribution in [1.82, 2.24) is 40.2 Å². The molecule has 382 valence electrons. The maximum Gasteiger partial charge on any atom is 0.153 e. The van der Waals surface area contributed by atoms with Crippen LogP contribution in [-0.2, 0) is 42.5 Å². The highest BCUT2D eigenvalue weighted by atomic mass is 35.5. The van der Waals surface area contributed by atoms with E-state index in [1.165, 1.54) is 24.0 Å². The number of Topliss-reactive ketones (excluding diaryl/α,β-unsaturated/α-hetero) is 1. The zero-order valence-corrected chi connectivity index (χ0v) is 44.5. The summed E-state index contributed by atoms with van der Waals surface area (Å²) in [5, 5.41) is 14.0. The third kappa shape index (κ3) is 8.76. The second-order valence-corrected chi connectivity index (χ2v) is 23.2. The second-order valence-electron chi connectivity index (χ2n) is 22.3. The van der Waals surface area contributed by atoms with E-state index in [1.54, 1.807) is 7.11 Å². The van der Waals surface area contributed by atoms with E-state index < -0.39 is 10.8 Å². The van der Waals surface area contributed by atoms with Gasteiger partial charge in [-0.15, -0.1) is 0 Å². The van der Waals surface area contributed by atoms with Crippen molar-refractivity contribution < 1.29 is 14.3 Å². The maximum absolute atomic E-state index is 17.3. The van der Waals surface area contributed by atoms with Crippen LogP contribution in [0.25, 0.3) is 11.3 Å². The SMILES string of the molecule is CCC12C(=O)C34C5C[C@H](Cc6ccc(Cl)cc6)NC3[C@@H](COC)NC4[C@H](C)N(Cc3ccc(Cl)cc3Oc3ccc(-c4cnc(CN6CCCC6)n4C)cc3)C1C[C@@H](Cc1ccccc1)C2N(C)[C@@H](C)CN5. The minimum absolute atomic E-state index is 0.00248. The number of ketones is 1. The van der Waals surface area contributed by atoms with Crippen LogP contribution in [0.5, 0.6) is 11.5 Å². The Balaban J connectivity index is 0.990. The third-order valence-electron chi connectivity index (χ3n) is 18.5. The van der Waals surface area contributed by atoms with Crippen LogP contribution in [0.2, 0.25) is 10.0 Å². The number of ether oxygens (including phenoxy) is 2. The first-order valence-corrected chi connectivity index (χ1v) is 27.5. The molecule has 5 aliphatic heterocycles.